The van der Waals surface area contributed by atoms with Crippen LogP contribution < -0.4 is 25.7 Å². The maximum atomic E-state index is 14.5. The number of H-pyrrole nitrogens is 2. The Morgan fingerprint density at radius 2 is 1.09 bits per heavy atom. The van der Waals surface area contributed by atoms with Crippen LogP contribution in [0.15, 0.2) is 126 Å². The molecule has 4 aliphatic rings. The zero-order valence-electron chi connectivity index (χ0n) is 47.7. The van der Waals surface area contributed by atoms with Crippen LogP contribution >= 0.6 is 0 Å². The Morgan fingerprint density at radius 1 is 0.605 bits per heavy atom. The minimum Gasteiger partial charge on any atom is -0.410 e. The molecule has 81 heavy (non-hydrogen) atoms. The van der Waals surface area contributed by atoms with Crippen molar-refractivity contribution in [3.05, 3.63) is 155 Å². The number of nitrogens with one attached hydrogen (secondary N) is 4. The minimum atomic E-state index is -0.864. The standard InChI is InChI=1S/C66H74N8O7/c1-39(2)55(70-62(78)80-44-17-11-9-12-18-44)60(76)73-37-64(5,6)34-53(73)57-67-36-52(69-57)42-23-21-41(22-24-42)46-26-27-47(50-33-66(32-49(46)50)29-15-16-30-66)43-25-28-51-48(31-43)59(75)72-58(68-51)54-35-65(7,8)38-74(54)61(77)56(40(3)4)71-63(79)81-45-19-13-10-14-20-45/h9-14,17-28,31,36,39-40,53-56H,15-16,29-30,32-35,37-38H2,1-8H3,(H,67,69)(H,70,78)(H,71,79)(H,68,72,75)/t53-,54-,55?,56-/m0/s1. The van der Waals surface area contributed by atoms with E-state index >= 15 is 0 Å². The van der Waals surface area contributed by atoms with Gasteiger partial charge in [-0.25, -0.2) is 19.6 Å². The second-order valence-electron chi connectivity index (χ2n) is 25.5. The van der Waals surface area contributed by atoms with Gasteiger partial charge >= 0.3 is 12.2 Å². The largest absolute Gasteiger partial charge is 0.413 e. The number of aromatic nitrogens is 4. The van der Waals surface area contributed by atoms with E-state index in [0.717, 1.165) is 40.8 Å². The molecule has 0 radical (unpaired) electrons. The minimum absolute atomic E-state index is 0.172. The van der Waals surface area contributed by atoms with Crippen molar-refractivity contribution in [2.24, 2.45) is 28.1 Å². The highest BCUT2D eigenvalue weighted by atomic mass is 16.6. The lowest BCUT2D eigenvalue weighted by Crippen LogP contribution is -2.52. The van der Waals surface area contributed by atoms with E-state index in [2.05, 4.69) is 90.8 Å². The van der Waals surface area contributed by atoms with Gasteiger partial charge in [-0.2, -0.15) is 0 Å². The van der Waals surface area contributed by atoms with Gasteiger partial charge in [0.1, 0.15) is 35.2 Å². The Bertz CT molecular complexity index is 3560. The zero-order valence-corrected chi connectivity index (χ0v) is 47.7. The van der Waals surface area contributed by atoms with Crippen LogP contribution in [-0.4, -0.2) is 78.9 Å². The fraction of sp³-hybridized carbons (Fsp3) is 0.409. The number of fused-ring (bicyclic) bond motifs is 2. The number of para-hydroxylation sites is 2. The summed E-state index contributed by atoms with van der Waals surface area (Å²) in [5, 5.41) is 6.15. The number of carbonyl (C=O) groups is 4. The molecule has 11 rings (SSSR count). The number of ether oxygens (including phenoxy) is 2. The molecule has 2 saturated heterocycles. The van der Waals surface area contributed by atoms with E-state index in [1.165, 1.54) is 42.4 Å². The number of aromatic amines is 2. The van der Waals surface area contributed by atoms with Gasteiger partial charge in [0.25, 0.3) is 5.56 Å². The second-order valence-corrected chi connectivity index (χ2v) is 25.5. The maximum Gasteiger partial charge on any atom is 0.413 e. The number of nitrogens with zero attached hydrogens (tertiary/aromatic N) is 4. The SMILES string of the molecule is CC(C)C(NC(=O)Oc1ccccc1)C(=O)N1CC(C)(C)C[C@H]1c1ncc(-c2ccc(-c3ccc(-c4ccc5nc([C@@H]6CC(C)(C)CN6C(=O)[C@@H](NC(=O)Oc6ccccc6)C(C)C)[nH]c(=O)c5c4)c4c3CC3(CCCC3)C4)cc2)[nH]1. The van der Waals surface area contributed by atoms with Gasteiger partial charge in [0.05, 0.1) is 34.9 Å². The van der Waals surface area contributed by atoms with Crippen LogP contribution in [0.25, 0.3) is 44.4 Å². The summed E-state index contributed by atoms with van der Waals surface area (Å²) in [6, 6.07) is 34.2. The molecular formula is C66H74N8O7. The first-order chi connectivity index (χ1) is 38.7. The lowest BCUT2D eigenvalue weighted by molar-refractivity contribution is -0.136. The monoisotopic (exact) mass is 1090 g/mol. The van der Waals surface area contributed by atoms with Crippen LogP contribution in [0.5, 0.6) is 11.5 Å². The van der Waals surface area contributed by atoms with E-state index in [1.807, 2.05) is 63.1 Å². The lowest BCUT2D eigenvalue weighted by atomic mass is 9.82. The Morgan fingerprint density at radius 3 is 1.60 bits per heavy atom. The molecule has 4 amide bonds. The summed E-state index contributed by atoms with van der Waals surface area (Å²) in [7, 11) is 0. The van der Waals surface area contributed by atoms with Crippen molar-refractivity contribution in [2.75, 3.05) is 13.1 Å². The van der Waals surface area contributed by atoms with Crippen molar-refractivity contribution in [1.29, 1.82) is 0 Å². The summed E-state index contributed by atoms with van der Waals surface area (Å²) >= 11 is 0. The van der Waals surface area contributed by atoms with Crippen molar-refractivity contribution in [2.45, 2.75) is 131 Å². The molecule has 5 aromatic carbocycles. The van der Waals surface area contributed by atoms with Crippen LogP contribution in [-0.2, 0) is 22.4 Å². The number of carbonyl (C=O) groups excluding carboxylic acids is 4. The van der Waals surface area contributed by atoms with Crippen LogP contribution in [0.1, 0.15) is 129 Å². The smallest absolute Gasteiger partial charge is 0.410 e. The summed E-state index contributed by atoms with van der Waals surface area (Å²) in [5.74, 6) is 1.05. The van der Waals surface area contributed by atoms with E-state index in [1.54, 1.807) is 53.4 Å². The summed E-state index contributed by atoms with van der Waals surface area (Å²) in [6.07, 6.45) is 8.54. The van der Waals surface area contributed by atoms with Gasteiger partial charge in [0.2, 0.25) is 11.8 Å². The predicted octanol–water partition coefficient (Wildman–Crippen LogP) is 12.5. The first-order valence-electron chi connectivity index (χ1n) is 28.8. The third-order valence-corrected chi connectivity index (χ3v) is 17.3. The number of imidazole rings is 1. The Kier molecular flexibility index (Phi) is 14.7. The highest BCUT2D eigenvalue weighted by Gasteiger charge is 2.47. The Labute approximate surface area is 473 Å². The van der Waals surface area contributed by atoms with Gasteiger partial charge in [0, 0.05) is 13.1 Å². The predicted molar refractivity (Wildman–Crippen MR) is 313 cm³/mol. The second kappa shape index (κ2) is 21.8. The topological polar surface area (TPSA) is 192 Å². The van der Waals surface area contributed by atoms with E-state index in [9.17, 15) is 24.0 Å². The number of amides is 4. The number of benzene rings is 5. The van der Waals surface area contributed by atoms with Crippen molar-refractivity contribution >= 4 is 34.9 Å². The number of hydrogen-bond donors (Lipinski definition) is 4. The van der Waals surface area contributed by atoms with E-state index in [0.29, 0.717) is 60.0 Å². The number of likely N-dealkylation sites (tertiary alicyclic amines) is 2. The number of rotatable bonds is 13. The molecule has 15 nitrogen and oxygen atoms in total. The van der Waals surface area contributed by atoms with Gasteiger partial charge in [0.15, 0.2) is 0 Å². The molecule has 4 N–H and O–H groups in total. The summed E-state index contributed by atoms with van der Waals surface area (Å²) in [6.45, 7) is 17.1. The molecule has 4 heterocycles. The highest BCUT2D eigenvalue weighted by Crippen LogP contribution is 2.53. The zero-order chi connectivity index (χ0) is 57.0. The molecule has 2 aliphatic heterocycles. The summed E-state index contributed by atoms with van der Waals surface area (Å²) in [4.78, 5) is 89.5. The van der Waals surface area contributed by atoms with Crippen LogP contribution in [0, 0.1) is 28.1 Å². The summed E-state index contributed by atoms with van der Waals surface area (Å²) in [5.41, 5.74) is 8.99. The quantitative estimate of drug-likeness (QED) is 0.0870. The van der Waals surface area contributed by atoms with Gasteiger partial charge in [-0.3, -0.25) is 14.4 Å². The van der Waals surface area contributed by atoms with Crippen molar-refractivity contribution in [3.8, 4) is 45.0 Å². The third kappa shape index (κ3) is 11.4. The average molecular weight is 1090 g/mol. The normalized spacial score (nSPS) is 19.5. The fourth-order valence-electron chi connectivity index (χ4n) is 13.3. The molecule has 7 aromatic rings. The molecule has 3 fully saturated rings. The average Bonchev–Trinajstić information content (AvgIpc) is 4.50. The molecule has 420 valence electrons. The number of hydrogen-bond acceptors (Lipinski definition) is 9. The fourth-order valence-corrected chi connectivity index (χ4v) is 13.3. The molecule has 2 aromatic heterocycles. The molecular weight excluding hydrogens is 1020 g/mol. The van der Waals surface area contributed by atoms with Crippen LogP contribution in [0.4, 0.5) is 9.59 Å². The Balaban J connectivity index is 0.832. The van der Waals surface area contributed by atoms with E-state index in [-0.39, 0.29) is 51.5 Å². The maximum absolute atomic E-state index is 14.5. The molecule has 0 bridgehead atoms. The van der Waals surface area contributed by atoms with E-state index in [4.69, 9.17) is 19.4 Å². The molecule has 4 atom stereocenters. The first kappa shape index (κ1) is 54.9. The van der Waals surface area contributed by atoms with E-state index < -0.39 is 30.3 Å². The van der Waals surface area contributed by atoms with Crippen LogP contribution in [0.2, 0.25) is 0 Å². The molecule has 1 spiro atoms. The van der Waals surface area contributed by atoms with Crippen molar-refractivity contribution < 1.29 is 28.7 Å². The Hall–Kier alpha value is -8.07. The molecule has 1 unspecified atom stereocenters. The molecule has 15 heteroatoms. The van der Waals surface area contributed by atoms with Gasteiger partial charge in [-0.15, -0.1) is 0 Å². The van der Waals surface area contributed by atoms with Gasteiger partial charge < -0.3 is 39.9 Å². The van der Waals surface area contributed by atoms with Crippen molar-refractivity contribution in [3.63, 3.8) is 0 Å². The van der Waals surface area contributed by atoms with Gasteiger partial charge in [-0.05, 0) is 142 Å². The third-order valence-electron chi connectivity index (χ3n) is 17.3. The van der Waals surface area contributed by atoms with Crippen LogP contribution in [0.3, 0.4) is 0 Å². The van der Waals surface area contributed by atoms with Gasteiger partial charge in [-0.1, -0.05) is 147 Å². The first-order valence-corrected chi connectivity index (χ1v) is 28.8. The highest BCUT2D eigenvalue weighted by molar-refractivity contribution is 5.89. The lowest BCUT2D eigenvalue weighted by Gasteiger charge is -2.30. The summed E-state index contributed by atoms with van der Waals surface area (Å²) < 4.78 is 11.0. The van der Waals surface area contributed by atoms with Crippen molar-refractivity contribution in [1.82, 2.24) is 40.4 Å². The molecule has 2 aliphatic carbocycles. The molecule has 1 saturated carbocycles.